The molecule has 0 aliphatic heterocycles. The van der Waals surface area contributed by atoms with Crippen molar-refractivity contribution >= 4 is 17.0 Å². The smallest absolute Gasteiger partial charge is 0.205 e. The largest absolute Gasteiger partial charge is 0.261 e. The Hall–Kier alpha value is -2.53. The second-order valence-corrected chi connectivity index (χ2v) is 6.05. The molecule has 0 saturated carbocycles. The van der Waals surface area contributed by atoms with Gasteiger partial charge in [-0.1, -0.05) is 37.3 Å². The van der Waals surface area contributed by atoms with E-state index in [4.69, 9.17) is 5.10 Å². The molecule has 0 saturated heterocycles. The molecule has 0 N–H and O–H groups in total. The van der Waals surface area contributed by atoms with Crippen LogP contribution in [0.2, 0.25) is 0 Å². The van der Waals surface area contributed by atoms with Gasteiger partial charge in [0, 0.05) is 18.0 Å². The molecular weight excluding hydrogens is 321 g/mol. The lowest BCUT2D eigenvalue weighted by Crippen LogP contribution is -2.14. The number of nitrogens with zero attached hydrogens (tertiary/aromatic N) is 3. The van der Waals surface area contributed by atoms with Crippen molar-refractivity contribution in [2.75, 3.05) is 7.05 Å². The highest BCUT2D eigenvalue weighted by molar-refractivity contribution is 7.07. The van der Waals surface area contributed by atoms with E-state index in [-0.39, 0.29) is 5.82 Å². The van der Waals surface area contributed by atoms with Gasteiger partial charge in [0.25, 0.3) is 0 Å². The molecule has 0 bridgehead atoms. The zero-order valence-corrected chi connectivity index (χ0v) is 14.4. The molecule has 3 aromatic rings. The van der Waals surface area contributed by atoms with Gasteiger partial charge in [0.15, 0.2) is 0 Å². The highest BCUT2D eigenvalue weighted by Gasteiger charge is 2.09. The maximum absolute atomic E-state index is 13.2. The van der Waals surface area contributed by atoms with E-state index in [9.17, 15) is 4.39 Å². The van der Waals surface area contributed by atoms with Crippen molar-refractivity contribution in [3.63, 3.8) is 0 Å². The van der Waals surface area contributed by atoms with Crippen LogP contribution in [0.15, 0.2) is 70.1 Å². The molecule has 5 heteroatoms. The monoisotopic (exact) mass is 339 g/mol. The molecular formula is C19H18FN3S. The van der Waals surface area contributed by atoms with Crippen molar-refractivity contribution < 1.29 is 4.39 Å². The summed E-state index contributed by atoms with van der Waals surface area (Å²) in [6.45, 7) is 2.08. The van der Waals surface area contributed by atoms with E-state index in [0.717, 1.165) is 33.8 Å². The zero-order valence-electron chi connectivity index (χ0n) is 13.6. The molecule has 0 aliphatic rings. The molecule has 0 fully saturated rings. The van der Waals surface area contributed by atoms with Crippen LogP contribution in [-0.2, 0) is 0 Å². The van der Waals surface area contributed by atoms with Crippen molar-refractivity contribution in [1.82, 2.24) is 4.68 Å². The third kappa shape index (κ3) is 3.36. The van der Waals surface area contributed by atoms with Crippen molar-refractivity contribution in [2.24, 2.45) is 10.1 Å². The van der Waals surface area contributed by atoms with Crippen LogP contribution in [0.25, 0.3) is 11.3 Å². The number of hydrogen-bond donors (Lipinski definition) is 0. The Balaban J connectivity index is 2.15. The number of hydrogen-bond acceptors (Lipinski definition) is 3. The Morgan fingerprint density at radius 2 is 1.79 bits per heavy atom. The summed E-state index contributed by atoms with van der Waals surface area (Å²) in [7, 11) is 1.75. The molecule has 0 unspecified atom stereocenters. The maximum atomic E-state index is 13.2. The molecule has 0 aliphatic carbocycles. The van der Waals surface area contributed by atoms with Crippen LogP contribution < -0.4 is 4.80 Å². The Morgan fingerprint density at radius 1 is 1.08 bits per heavy atom. The quantitative estimate of drug-likeness (QED) is 0.624. The van der Waals surface area contributed by atoms with Gasteiger partial charge in [-0.05, 0) is 36.2 Å². The van der Waals surface area contributed by atoms with Gasteiger partial charge in [0.1, 0.15) is 5.82 Å². The molecule has 122 valence electrons. The van der Waals surface area contributed by atoms with Gasteiger partial charge in [0.05, 0.1) is 11.4 Å². The normalized spacial score (nSPS) is 12.6. The summed E-state index contributed by atoms with van der Waals surface area (Å²) in [5.41, 5.74) is 3.88. The molecule has 24 heavy (non-hydrogen) atoms. The minimum absolute atomic E-state index is 0.247. The Morgan fingerprint density at radius 3 is 2.42 bits per heavy atom. The highest BCUT2D eigenvalue weighted by Crippen LogP contribution is 2.21. The molecule has 1 aromatic heterocycles. The average molecular weight is 339 g/mol. The summed E-state index contributed by atoms with van der Waals surface area (Å²) < 4.78 is 15.0. The van der Waals surface area contributed by atoms with Gasteiger partial charge in [-0.2, -0.15) is 5.10 Å². The number of thiazole rings is 1. The van der Waals surface area contributed by atoms with E-state index in [0.29, 0.717) is 0 Å². The van der Waals surface area contributed by atoms with Crippen molar-refractivity contribution in [1.29, 1.82) is 0 Å². The number of halogens is 1. The van der Waals surface area contributed by atoms with Gasteiger partial charge in [0.2, 0.25) is 4.80 Å². The summed E-state index contributed by atoms with van der Waals surface area (Å²) >= 11 is 1.52. The molecule has 0 radical (unpaired) electrons. The molecule has 3 nitrogen and oxygen atoms in total. The zero-order chi connectivity index (χ0) is 16.9. The summed E-state index contributed by atoms with van der Waals surface area (Å²) in [4.78, 5) is 5.12. The lowest BCUT2D eigenvalue weighted by atomic mass is 10.1. The second kappa shape index (κ2) is 7.36. The molecule has 0 amide bonds. The van der Waals surface area contributed by atoms with E-state index < -0.39 is 0 Å². The van der Waals surface area contributed by atoms with E-state index in [1.165, 1.54) is 23.5 Å². The maximum Gasteiger partial charge on any atom is 0.205 e. The standard InChI is InChI=1S/C19H18FN3S/c1-3-17(14-7-5-4-6-8-14)22-23-18(13-24-19(23)21-2)15-9-11-16(20)12-10-15/h4-13H,3H2,1-2H3. The van der Waals surface area contributed by atoms with E-state index >= 15 is 0 Å². The number of rotatable bonds is 4. The topological polar surface area (TPSA) is 29.6 Å². The third-order valence-corrected chi connectivity index (χ3v) is 4.59. The molecule has 0 atom stereocenters. The summed E-state index contributed by atoms with van der Waals surface area (Å²) in [6.07, 6.45) is 0.804. The van der Waals surface area contributed by atoms with Gasteiger partial charge < -0.3 is 0 Å². The van der Waals surface area contributed by atoms with Crippen LogP contribution >= 0.6 is 11.3 Å². The van der Waals surface area contributed by atoms with Gasteiger partial charge in [-0.15, -0.1) is 11.3 Å². The van der Waals surface area contributed by atoms with Crippen LogP contribution in [0.5, 0.6) is 0 Å². The first kappa shape index (κ1) is 16.3. The lowest BCUT2D eigenvalue weighted by Gasteiger charge is -2.08. The van der Waals surface area contributed by atoms with Crippen LogP contribution in [0.1, 0.15) is 18.9 Å². The fourth-order valence-electron chi connectivity index (χ4n) is 2.45. The summed E-state index contributed by atoms with van der Waals surface area (Å²) in [5.74, 6) is -0.247. The fraction of sp³-hybridized carbons (Fsp3) is 0.158. The molecule has 0 spiro atoms. The lowest BCUT2D eigenvalue weighted by molar-refractivity contribution is 0.628. The van der Waals surface area contributed by atoms with Crippen LogP contribution in [0.4, 0.5) is 4.39 Å². The van der Waals surface area contributed by atoms with E-state index in [1.807, 2.05) is 28.3 Å². The number of aromatic nitrogens is 1. The van der Waals surface area contributed by atoms with Crippen LogP contribution in [0.3, 0.4) is 0 Å². The Labute approximate surface area is 144 Å². The SMILES string of the molecule is CCC(=Nn1c(-c2ccc(F)cc2)csc1=NC)c1ccccc1. The first-order valence-electron chi connectivity index (χ1n) is 7.75. The Kier molecular flexibility index (Phi) is 5.01. The van der Waals surface area contributed by atoms with E-state index in [2.05, 4.69) is 24.0 Å². The first-order chi connectivity index (χ1) is 11.7. The molecule has 1 heterocycles. The summed E-state index contributed by atoms with van der Waals surface area (Å²) in [5, 5.41) is 6.83. The molecule has 2 aromatic carbocycles. The van der Waals surface area contributed by atoms with Gasteiger partial charge in [-0.3, -0.25) is 4.99 Å². The number of benzene rings is 2. The molecule has 3 rings (SSSR count). The van der Waals surface area contributed by atoms with Crippen LogP contribution in [0, 0.1) is 5.82 Å². The minimum atomic E-state index is -0.247. The van der Waals surface area contributed by atoms with E-state index in [1.54, 1.807) is 19.2 Å². The first-order valence-corrected chi connectivity index (χ1v) is 8.63. The predicted octanol–water partition coefficient (Wildman–Crippen LogP) is 4.55. The second-order valence-electron chi connectivity index (χ2n) is 5.21. The van der Waals surface area contributed by atoms with Crippen molar-refractivity contribution in [3.8, 4) is 11.3 Å². The minimum Gasteiger partial charge on any atom is -0.261 e. The fourth-order valence-corrected chi connectivity index (χ4v) is 3.25. The average Bonchev–Trinajstić information content (AvgIpc) is 3.03. The summed E-state index contributed by atoms with van der Waals surface area (Å²) in [6, 6.07) is 16.5. The Bertz CT molecular complexity index is 906. The van der Waals surface area contributed by atoms with Crippen molar-refractivity contribution in [2.45, 2.75) is 13.3 Å². The van der Waals surface area contributed by atoms with Crippen LogP contribution in [-0.4, -0.2) is 17.4 Å². The highest BCUT2D eigenvalue weighted by atomic mass is 32.1. The third-order valence-electron chi connectivity index (χ3n) is 3.68. The van der Waals surface area contributed by atoms with Gasteiger partial charge in [-0.25, -0.2) is 9.07 Å². The predicted molar refractivity (Wildman–Crippen MR) is 97.9 cm³/mol. The van der Waals surface area contributed by atoms with Gasteiger partial charge >= 0.3 is 0 Å². The van der Waals surface area contributed by atoms with Crippen molar-refractivity contribution in [3.05, 3.63) is 76.2 Å².